The molecule has 0 aliphatic carbocycles. The Morgan fingerprint density at radius 1 is 1.39 bits per heavy atom. The van der Waals surface area contributed by atoms with E-state index in [1.165, 1.54) is 24.4 Å². The lowest BCUT2D eigenvalue weighted by Gasteiger charge is -2.25. The summed E-state index contributed by atoms with van der Waals surface area (Å²) in [4.78, 5) is 30.6. The number of benzene rings is 1. The second-order valence-electron chi connectivity index (χ2n) is 5.59. The number of imidazole rings is 1. The summed E-state index contributed by atoms with van der Waals surface area (Å²) in [5.41, 5.74) is -3.51. The molecule has 152 valence electrons. The van der Waals surface area contributed by atoms with Crippen LogP contribution in [0.1, 0.15) is 24.3 Å². The van der Waals surface area contributed by atoms with Crippen molar-refractivity contribution in [3.05, 3.63) is 35.1 Å². The van der Waals surface area contributed by atoms with Gasteiger partial charge < -0.3 is 20.1 Å². The van der Waals surface area contributed by atoms with Crippen molar-refractivity contribution in [2.75, 3.05) is 11.9 Å². The van der Waals surface area contributed by atoms with E-state index in [2.05, 4.69) is 9.97 Å². The zero-order valence-corrected chi connectivity index (χ0v) is 16.1. The maximum Gasteiger partial charge on any atom is 0.426 e. The first-order chi connectivity index (χ1) is 13.0. The fourth-order valence-electron chi connectivity index (χ4n) is 1.81. The van der Waals surface area contributed by atoms with Gasteiger partial charge in [0, 0.05) is 4.90 Å². The minimum atomic E-state index is -5.14. The molecular weight excluding hydrogens is 423 g/mol. The Balaban J connectivity index is 2.10. The summed E-state index contributed by atoms with van der Waals surface area (Å²) < 4.78 is 43.0. The van der Waals surface area contributed by atoms with Crippen molar-refractivity contribution >= 4 is 40.9 Å². The second kappa shape index (κ2) is 8.41. The summed E-state index contributed by atoms with van der Waals surface area (Å²) in [5.74, 6) is -2.22. The molecule has 0 spiro atoms. The van der Waals surface area contributed by atoms with Crippen LogP contribution < -0.4 is 5.32 Å². The minimum absolute atomic E-state index is 0.0477. The molecule has 0 saturated carbocycles. The fourth-order valence-corrected chi connectivity index (χ4v) is 2.91. The number of hydrogen-bond acceptors (Lipinski definition) is 6. The van der Waals surface area contributed by atoms with Gasteiger partial charge in [-0.25, -0.2) is 9.78 Å². The zero-order chi connectivity index (χ0) is 21.1. The standard InChI is InChI=1S/C16H15ClF3N3O4S/c1-3-27-12(24)11-7-21-14(23-11)28-8-4-5-10(9(17)6-8)22-13(25)15(2,26)16(18,19)20/h4-7,26H,3H2,1-2H3,(H,21,23)(H,22,25). The van der Waals surface area contributed by atoms with E-state index in [0.29, 0.717) is 17.0 Å². The van der Waals surface area contributed by atoms with Crippen LogP contribution in [-0.2, 0) is 9.53 Å². The molecule has 0 saturated heterocycles. The van der Waals surface area contributed by atoms with Gasteiger partial charge in [-0.15, -0.1) is 0 Å². The van der Waals surface area contributed by atoms with E-state index in [1.54, 1.807) is 6.92 Å². The number of esters is 1. The van der Waals surface area contributed by atoms with Gasteiger partial charge in [-0.2, -0.15) is 13.2 Å². The van der Waals surface area contributed by atoms with Gasteiger partial charge in [0.1, 0.15) is 5.69 Å². The molecule has 2 aromatic rings. The lowest BCUT2D eigenvalue weighted by Crippen LogP contribution is -2.52. The third-order valence-electron chi connectivity index (χ3n) is 3.45. The summed E-state index contributed by atoms with van der Waals surface area (Å²) in [6, 6.07) is 4.14. The number of rotatable bonds is 6. The third kappa shape index (κ3) is 4.97. The van der Waals surface area contributed by atoms with Crippen LogP contribution in [0.5, 0.6) is 0 Å². The summed E-state index contributed by atoms with van der Waals surface area (Å²) in [7, 11) is 0. The highest BCUT2D eigenvalue weighted by molar-refractivity contribution is 7.99. The van der Waals surface area contributed by atoms with Crippen molar-refractivity contribution in [1.29, 1.82) is 0 Å². The molecule has 3 N–H and O–H groups in total. The van der Waals surface area contributed by atoms with Gasteiger partial charge in [0.05, 0.1) is 23.5 Å². The Morgan fingerprint density at radius 2 is 2.07 bits per heavy atom. The fraction of sp³-hybridized carbons (Fsp3) is 0.312. The van der Waals surface area contributed by atoms with Crippen molar-refractivity contribution in [3.8, 4) is 0 Å². The number of aromatic nitrogens is 2. The molecule has 1 unspecified atom stereocenters. The predicted molar refractivity (Wildman–Crippen MR) is 95.4 cm³/mol. The van der Waals surface area contributed by atoms with Crippen molar-refractivity contribution < 1.29 is 32.6 Å². The Kier molecular flexibility index (Phi) is 6.63. The highest BCUT2D eigenvalue weighted by Crippen LogP contribution is 2.34. The Labute approximate surface area is 166 Å². The molecule has 1 atom stereocenters. The maximum absolute atomic E-state index is 12.7. The smallest absolute Gasteiger partial charge is 0.426 e. The van der Waals surface area contributed by atoms with Gasteiger partial charge in [0.15, 0.2) is 5.16 Å². The Morgan fingerprint density at radius 3 is 2.64 bits per heavy atom. The van der Waals surface area contributed by atoms with E-state index in [9.17, 15) is 27.9 Å². The number of carbonyl (C=O) groups is 2. The topological polar surface area (TPSA) is 104 Å². The van der Waals surface area contributed by atoms with Crippen LogP contribution in [-0.4, -0.2) is 45.3 Å². The van der Waals surface area contributed by atoms with Crippen LogP contribution in [0.3, 0.4) is 0 Å². The number of nitrogens with one attached hydrogen (secondary N) is 2. The van der Waals surface area contributed by atoms with E-state index >= 15 is 0 Å². The Hall–Kier alpha value is -2.24. The average molecular weight is 438 g/mol. The van der Waals surface area contributed by atoms with Crippen LogP contribution in [0.25, 0.3) is 0 Å². The number of amides is 1. The molecule has 12 heteroatoms. The van der Waals surface area contributed by atoms with E-state index in [-0.39, 0.29) is 23.0 Å². The molecule has 0 bridgehead atoms. The maximum atomic E-state index is 12.7. The molecule has 1 heterocycles. The van der Waals surface area contributed by atoms with Crippen LogP contribution >= 0.6 is 23.4 Å². The minimum Gasteiger partial charge on any atom is -0.461 e. The SMILES string of the molecule is CCOC(=O)c1cnc(Sc2ccc(NC(=O)C(C)(O)C(F)(F)F)c(Cl)c2)[nH]1. The third-order valence-corrected chi connectivity index (χ3v) is 4.65. The summed E-state index contributed by atoms with van der Waals surface area (Å²) in [5, 5.41) is 11.6. The van der Waals surface area contributed by atoms with Gasteiger partial charge in [0.25, 0.3) is 5.91 Å². The molecule has 0 fully saturated rings. The first kappa shape index (κ1) is 22.1. The molecule has 28 heavy (non-hydrogen) atoms. The molecular formula is C16H15ClF3N3O4S. The van der Waals surface area contributed by atoms with E-state index in [0.717, 1.165) is 11.8 Å². The zero-order valence-electron chi connectivity index (χ0n) is 14.6. The molecule has 0 aliphatic heterocycles. The van der Waals surface area contributed by atoms with Gasteiger partial charge >= 0.3 is 12.1 Å². The largest absolute Gasteiger partial charge is 0.461 e. The number of alkyl halides is 3. The second-order valence-corrected chi connectivity index (χ2v) is 7.06. The quantitative estimate of drug-likeness (QED) is 0.596. The molecule has 1 amide bonds. The van der Waals surface area contributed by atoms with Crippen LogP contribution in [0.2, 0.25) is 5.02 Å². The first-order valence-electron chi connectivity index (χ1n) is 7.75. The van der Waals surface area contributed by atoms with E-state index < -0.39 is 23.7 Å². The van der Waals surface area contributed by atoms with Gasteiger partial charge in [-0.3, -0.25) is 4.79 Å². The van der Waals surface area contributed by atoms with E-state index in [4.69, 9.17) is 16.3 Å². The molecule has 2 rings (SSSR count). The number of anilines is 1. The van der Waals surface area contributed by atoms with Gasteiger partial charge in [0.2, 0.25) is 5.60 Å². The van der Waals surface area contributed by atoms with Crippen molar-refractivity contribution in [1.82, 2.24) is 9.97 Å². The molecule has 7 nitrogen and oxygen atoms in total. The van der Waals surface area contributed by atoms with Gasteiger partial charge in [-0.1, -0.05) is 23.4 Å². The lowest BCUT2D eigenvalue weighted by atomic mass is 10.1. The summed E-state index contributed by atoms with van der Waals surface area (Å²) in [6.45, 7) is 2.23. The van der Waals surface area contributed by atoms with Crippen molar-refractivity contribution in [2.45, 2.75) is 35.7 Å². The lowest BCUT2D eigenvalue weighted by molar-refractivity contribution is -0.242. The number of aromatic amines is 1. The average Bonchev–Trinajstić information content (AvgIpc) is 3.05. The van der Waals surface area contributed by atoms with Crippen LogP contribution in [0.4, 0.5) is 18.9 Å². The van der Waals surface area contributed by atoms with Crippen molar-refractivity contribution in [2.24, 2.45) is 0 Å². The van der Waals surface area contributed by atoms with E-state index in [1.807, 2.05) is 5.32 Å². The predicted octanol–water partition coefficient (Wildman–Crippen LogP) is 3.64. The number of aliphatic hydroxyl groups is 1. The molecule has 1 aromatic heterocycles. The highest BCUT2D eigenvalue weighted by atomic mass is 35.5. The normalized spacial score (nSPS) is 13.7. The number of nitrogens with zero attached hydrogens (tertiary/aromatic N) is 1. The van der Waals surface area contributed by atoms with Crippen molar-refractivity contribution in [3.63, 3.8) is 0 Å². The summed E-state index contributed by atoms with van der Waals surface area (Å²) >= 11 is 7.10. The molecule has 1 aromatic carbocycles. The molecule has 0 aliphatic rings. The van der Waals surface area contributed by atoms with Gasteiger partial charge in [-0.05, 0) is 32.0 Å². The molecule has 0 radical (unpaired) electrons. The number of carbonyl (C=O) groups excluding carboxylic acids is 2. The highest BCUT2D eigenvalue weighted by Gasteiger charge is 2.55. The number of hydrogen-bond donors (Lipinski definition) is 3. The monoisotopic (exact) mass is 437 g/mol. The number of halogens is 4. The summed E-state index contributed by atoms with van der Waals surface area (Å²) in [6.07, 6.45) is -3.84. The van der Waals surface area contributed by atoms with Crippen LogP contribution in [0.15, 0.2) is 34.4 Å². The first-order valence-corrected chi connectivity index (χ1v) is 8.95. The van der Waals surface area contributed by atoms with Crippen LogP contribution in [0, 0.1) is 0 Å². The Bertz CT molecular complexity index is 886. The number of ether oxygens (including phenoxy) is 1. The number of H-pyrrole nitrogens is 1.